The van der Waals surface area contributed by atoms with Gasteiger partial charge in [-0.05, 0) is 59.7 Å². The van der Waals surface area contributed by atoms with E-state index < -0.39 is 0 Å². The first-order chi connectivity index (χ1) is 13.0. The largest absolute Gasteiger partial charge is 0.496 e. The van der Waals surface area contributed by atoms with E-state index in [4.69, 9.17) is 16.3 Å². The minimum atomic E-state index is -0.0991. The van der Waals surface area contributed by atoms with Gasteiger partial charge in [0.1, 0.15) is 5.75 Å². The SMILES string of the molecule is COc1cc(I)c(Cl)cc1C(=O)N1CCC(NC(=O)c2ccccc2)CC1. The van der Waals surface area contributed by atoms with Crippen LogP contribution in [-0.4, -0.2) is 43.0 Å². The van der Waals surface area contributed by atoms with Crippen LogP contribution in [0.1, 0.15) is 33.6 Å². The lowest BCUT2D eigenvalue weighted by Gasteiger charge is -2.32. The summed E-state index contributed by atoms with van der Waals surface area (Å²) in [5.41, 5.74) is 1.11. The van der Waals surface area contributed by atoms with Gasteiger partial charge in [-0.15, -0.1) is 0 Å². The number of benzene rings is 2. The predicted molar refractivity (Wildman–Crippen MR) is 114 cm³/mol. The van der Waals surface area contributed by atoms with Crippen molar-refractivity contribution < 1.29 is 14.3 Å². The van der Waals surface area contributed by atoms with E-state index in [-0.39, 0.29) is 17.9 Å². The van der Waals surface area contributed by atoms with Crippen molar-refractivity contribution in [2.24, 2.45) is 0 Å². The van der Waals surface area contributed by atoms with Crippen molar-refractivity contribution in [1.29, 1.82) is 0 Å². The molecule has 1 fully saturated rings. The summed E-state index contributed by atoms with van der Waals surface area (Å²) in [5, 5.41) is 3.58. The molecule has 0 atom stereocenters. The molecule has 1 aliphatic rings. The zero-order valence-electron chi connectivity index (χ0n) is 14.9. The van der Waals surface area contributed by atoms with Crippen LogP contribution in [0.2, 0.25) is 5.02 Å². The topological polar surface area (TPSA) is 58.6 Å². The van der Waals surface area contributed by atoms with Gasteiger partial charge in [-0.1, -0.05) is 29.8 Å². The number of nitrogens with one attached hydrogen (secondary N) is 1. The monoisotopic (exact) mass is 498 g/mol. The van der Waals surface area contributed by atoms with Crippen LogP contribution >= 0.6 is 34.2 Å². The van der Waals surface area contributed by atoms with E-state index in [0.29, 0.717) is 47.8 Å². The van der Waals surface area contributed by atoms with E-state index in [9.17, 15) is 9.59 Å². The van der Waals surface area contributed by atoms with Crippen LogP contribution in [0.3, 0.4) is 0 Å². The third-order valence-electron chi connectivity index (χ3n) is 4.63. The number of rotatable bonds is 4. The fourth-order valence-electron chi connectivity index (χ4n) is 3.12. The van der Waals surface area contributed by atoms with Crippen LogP contribution in [0.25, 0.3) is 0 Å². The molecule has 0 unspecified atom stereocenters. The van der Waals surface area contributed by atoms with Gasteiger partial charge in [0.05, 0.1) is 17.7 Å². The van der Waals surface area contributed by atoms with E-state index in [1.54, 1.807) is 36.3 Å². The Labute approximate surface area is 177 Å². The summed E-state index contributed by atoms with van der Waals surface area (Å²) in [7, 11) is 1.54. The number of hydrogen-bond donors (Lipinski definition) is 1. The Morgan fingerprint density at radius 2 is 1.85 bits per heavy atom. The molecule has 1 N–H and O–H groups in total. The highest BCUT2D eigenvalue weighted by atomic mass is 127. The van der Waals surface area contributed by atoms with Crippen molar-refractivity contribution in [2.75, 3.05) is 20.2 Å². The number of carbonyl (C=O) groups excluding carboxylic acids is 2. The highest BCUT2D eigenvalue weighted by molar-refractivity contribution is 14.1. The number of ether oxygens (including phenoxy) is 1. The normalized spacial score (nSPS) is 14.7. The van der Waals surface area contributed by atoms with E-state index in [2.05, 4.69) is 27.9 Å². The first-order valence-corrected chi connectivity index (χ1v) is 10.1. The molecule has 1 heterocycles. The molecule has 3 rings (SSSR count). The molecule has 5 nitrogen and oxygen atoms in total. The molecule has 2 aromatic carbocycles. The number of hydrogen-bond acceptors (Lipinski definition) is 3. The number of nitrogens with zero attached hydrogens (tertiary/aromatic N) is 1. The summed E-state index contributed by atoms with van der Waals surface area (Å²) in [6, 6.07) is 12.6. The van der Waals surface area contributed by atoms with Crippen LogP contribution in [0.5, 0.6) is 5.75 Å². The average Bonchev–Trinajstić information content (AvgIpc) is 2.70. The lowest BCUT2D eigenvalue weighted by atomic mass is 10.0. The third kappa shape index (κ3) is 4.73. The molecule has 1 aliphatic heterocycles. The van der Waals surface area contributed by atoms with Crippen molar-refractivity contribution >= 4 is 46.0 Å². The number of carbonyl (C=O) groups is 2. The van der Waals surface area contributed by atoms with Gasteiger partial charge in [0.15, 0.2) is 0 Å². The average molecular weight is 499 g/mol. The maximum Gasteiger partial charge on any atom is 0.257 e. The molecule has 0 aromatic heterocycles. The van der Waals surface area contributed by atoms with Gasteiger partial charge in [0, 0.05) is 28.3 Å². The van der Waals surface area contributed by atoms with Gasteiger partial charge in [0.2, 0.25) is 0 Å². The van der Waals surface area contributed by atoms with Crippen molar-refractivity contribution in [2.45, 2.75) is 18.9 Å². The predicted octanol–water partition coefficient (Wildman–Crippen LogP) is 3.99. The fourth-order valence-corrected chi connectivity index (χ4v) is 3.72. The van der Waals surface area contributed by atoms with Gasteiger partial charge in [-0.3, -0.25) is 9.59 Å². The summed E-state index contributed by atoms with van der Waals surface area (Å²) in [4.78, 5) is 27.0. The molecule has 0 spiro atoms. The van der Waals surface area contributed by atoms with Crippen molar-refractivity contribution in [3.8, 4) is 5.75 Å². The first-order valence-electron chi connectivity index (χ1n) is 8.68. The molecule has 142 valence electrons. The lowest BCUT2D eigenvalue weighted by Crippen LogP contribution is -2.46. The fraction of sp³-hybridized carbons (Fsp3) is 0.300. The van der Waals surface area contributed by atoms with Gasteiger partial charge < -0.3 is 15.0 Å². The Hall–Kier alpha value is -1.80. The van der Waals surface area contributed by atoms with E-state index in [1.165, 1.54) is 0 Å². The second-order valence-corrected chi connectivity index (χ2v) is 7.94. The second-order valence-electron chi connectivity index (χ2n) is 6.37. The molecule has 2 amide bonds. The van der Waals surface area contributed by atoms with Crippen molar-refractivity contribution in [1.82, 2.24) is 10.2 Å². The quantitative estimate of drug-likeness (QED) is 0.649. The van der Waals surface area contributed by atoms with Crippen LogP contribution in [0.15, 0.2) is 42.5 Å². The number of methoxy groups -OCH3 is 1. The summed E-state index contributed by atoms with van der Waals surface area (Å²) in [6.45, 7) is 1.15. The summed E-state index contributed by atoms with van der Waals surface area (Å²) >= 11 is 8.29. The molecule has 7 heteroatoms. The van der Waals surface area contributed by atoms with Gasteiger partial charge >= 0.3 is 0 Å². The maximum absolute atomic E-state index is 12.9. The van der Waals surface area contributed by atoms with Crippen LogP contribution in [-0.2, 0) is 0 Å². The Morgan fingerprint density at radius 1 is 1.19 bits per heavy atom. The standard InChI is InChI=1S/C20H20ClIN2O3/c1-27-18-12-17(22)16(21)11-15(18)20(26)24-9-7-14(8-10-24)23-19(25)13-5-3-2-4-6-13/h2-6,11-12,14H,7-10H2,1H3,(H,23,25). The number of likely N-dealkylation sites (tertiary alicyclic amines) is 1. The van der Waals surface area contributed by atoms with E-state index >= 15 is 0 Å². The number of halogens is 2. The highest BCUT2D eigenvalue weighted by Crippen LogP contribution is 2.29. The molecule has 27 heavy (non-hydrogen) atoms. The van der Waals surface area contributed by atoms with E-state index in [1.807, 2.05) is 18.2 Å². The zero-order valence-corrected chi connectivity index (χ0v) is 17.8. The first kappa shape index (κ1) is 19.9. The molecule has 1 saturated heterocycles. The lowest BCUT2D eigenvalue weighted by molar-refractivity contribution is 0.0695. The van der Waals surface area contributed by atoms with Gasteiger partial charge in [-0.25, -0.2) is 0 Å². The van der Waals surface area contributed by atoms with E-state index in [0.717, 1.165) is 3.57 Å². The Bertz CT molecular complexity index is 837. The molecular weight excluding hydrogens is 479 g/mol. The second kappa shape index (κ2) is 8.93. The van der Waals surface area contributed by atoms with Crippen molar-refractivity contribution in [3.63, 3.8) is 0 Å². The summed E-state index contributed by atoms with van der Waals surface area (Å²) < 4.78 is 6.19. The Balaban J connectivity index is 1.61. The molecular formula is C20H20ClIN2O3. The summed E-state index contributed by atoms with van der Waals surface area (Å²) in [5.74, 6) is 0.345. The Kier molecular flexibility index (Phi) is 6.59. The third-order valence-corrected chi connectivity index (χ3v) is 6.15. The maximum atomic E-state index is 12.9. The van der Waals surface area contributed by atoms with Crippen LogP contribution in [0.4, 0.5) is 0 Å². The molecule has 2 aromatic rings. The molecule has 0 aliphatic carbocycles. The van der Waals surface area contributed by atoms with Crippen LogP contribution in [0, 0.1) is 3.57 Å². The van der Waals surface area contributed by atoms with Crippen LogP contribution < -0.4 is 10.1 Å². The highest BCUT2D eigenvalue weighted by Gasteiger charge is 2.27. The summed E-state index contributed by atoms with van der Waals surface area (Å²) in [6.07, 6.45) is 1.43. The van der Waals surface area contributed by atoms with Gasteiger partial charge in [0.25, 0.3) is 11.8 Å². The van der Waals surface area contributed by atoms with Crippen molar-refractivity contribution in [3.05, 3.63) is 62.2 Å². The molecule has 0 saturated carbocycles. The zero-order chi connectivity index (χ0) is 19.4. The number of amides is 2. The smallest absolute Gasteiger partial charge is 0.257 e. The molecule has 0 radical (unpaired) electrons. The molecule has 0 bridgehead atoms. The minimum absolute atomic E-state index is 0.0592. The Morgan fingerprint density at radius 3 is 2.48 bits per heavy atom. The van der Waals surface area contributed by atoms with Gasteiger partial charge in [-0.2, -0.15) is 0 Å². The minimum Gasteiger partial charge on any atom is -0.496 e. The number of piperidine rings is 1.